The molecule has 1 aliphatic rings. The van der Waals surface area contributed by atoms with Gasteiger partial charge in [0.15, 0.2) is 5.76 Å². The Bertz CT molecular complexity index is 972. The summed E-state index contributed by atoms with van der Waals surface area (Å²) in [6.45, 7) is 13.5. The van der Waals surface area contributed by atoms with Gasteiger partial charge in [-0.15, -0.1) is 11.8 Å². The van der Waals surface area contributed by atoms with E-state index in [2.05, 4.69) is 57.7 Å². The molecule has 0 radical (unpaired) electrons. The molecule has 0 saturated carbocycles. The number of furan rings is 1. The minimum absolute atomic E-state index is 0.118. The molecular weight excluding hydrogens is 392 g/mol. The quantitative estimate of drug-likeness (QED) is 0.396. The molecule has 0 saturated heterocycles. The monoisotopic (exact) mass is 424 g/mol. The number of thioether (sulfide) groups is 1. The van der Waals surface area contributed by atoms with Crippen molar-refractivity contribution in [2.75, 3.05) is 6.61 Å². The predicted molar refractivity (Wildman–Crippen MR) is 123 cm³/mol. The van der Waals surface area contributed by atoms with Crippen molar-refractivity contribution in [1.82, 2.24) is 0 Å². The van der Waals surface area contributed by atoms with Crippen molar-refractivity contribution in [3.8, 4) is 11.8 Å². The van der Waals surface area contributed by atoms with Gasteiger partial charge >= 0.3 is 5.97 Å². The van der Waals surface area contributed by atoms with Crippen molar-refractivity contribution >= 4 is 17.7 Å². The fraction of sp³-hybridized carbons (Fsp3) is 0.500. The molecule has 0 spiro atoms. The summed E-state index contributed by atoms with van der Waals surface area (Å²) in [5.41, 5.74) is 2.46. The highest BCUT2D eigenvalue weighted by Gasteiger charge is 2.38. The van der Waals surface area contributed by atoms with Crippen LogP contribution in [0.5, 0.6) is 0 Å². The number of carbonyl (C=O) groups excluding carboxylic acids is 1. The van der Waals surface area contributed by atoms with E-state index in [1.54, 1.807) is 0 Å². The first-order valence-corrected chi connectivity index (χ1v) is 11.6. The Morgan fingerprint density at radius 3 is 2.63 bits per heavy atom. The number of benzene rings is 1. The van der Waals surface area contributed by atoms with Crippen LogP contribution in [0, 0.1) is 11.8 Å². The zero-order chi connectivity index (χ0) is 21.9. The van der Waals surface area contributed by atoms with Gasteiger partial charge in [-0.05, 0) is 67.0 Å². The summed E-state index contributed by atoms with van der Waals surface area (Å²) < 4.78 is 11.3. The first-order valence-electron chi connectivity index (χ1n) is 10.8. The van der Waals surface area contributed by atoms with Gasteiger partial charge in [-0.3, -0.25) is 4.79 Å². The molecule has 2 aromatic rings. The molecule has 0 aliphatic carbocycles. The first kappa shape index (κ1) is 22.6. The molecule has 1 aromatic heterocycles. The molecule has 160 valence electrons. The van der Waals surface area contributed by atoms with Crippen LogP contribution in [-0.4, -0.2) is 17.3 Å². The van der Waals surface area contributed by atoms with Gasteiger partial charge in [-0.1, -0.05) is 47.0 Å². The molecule has 4 heteroatoms. The molecule has 3 rings (SSSR count). The summed E-state index contributed by atoms with van der Waals surface area (Å²) in [6, 6.07) is 10.2. The van der Waals surface area contributed by atoms with Crippen molar-refractivity contribution < 1.29 is 13.9 Å². The average molecular weight is 425 g/mol. The van der Waals surface area contributed by atoms with Gasteiger partial charge in [0.2, 0.25) is 0 Å². The molecule has 3 nitrogen and oxygen atoms in total. The van der Waals surface area contributed by atoms with Gasteiger partial charge < -0.3 is 9.15 Å². The van der Waals surface area contributed by atoms with Gasteiger partial charge in [0.05, 0.1) is 6.61 Å². The average Bonchev–Trinajstić information content (AvgIpc) is 3.12. The fourth-order valence-corrected chi connectivity index (χ4v) is 5.98. The van der Waals surface area contributed by atoms with Crippen LogP contribution >= 0.6 is 11.8 Å². The third-order valence-electron chi connectivity index (χ3n) is 5.41. The Labute approximate surface area is 185 Å². The lowest BCUT2D eigenvalue weighted by Gasteiger charge is -2.41. The van der Waals surface area contributed by atoms with Crippen LogP contribution in [0.3, 0.4) is 0 Å². The number of esters is 1. The second-order valence-electron chi connectivity index (χ2n) is 9.18. The lowest BCUT2D eigenvalue weighted by atomic mass is 9.76. The van der Waals surface area contributed by atoms with Crippen LogP contribution in [0.4, 0.5) is 0 Å². The summed E-state index contributed by atoms with van der Waals surface area (Å²) in [5, 5.41) is 0. The summed E-state index contributed by atoms with van der Waals surface area (Å²) >= 11 is 1.95. The highest BCUT2D eigenvalue weighted by molar-refractivity contribution is 8.00. The maximum Gasteiger partial charge on any atom is 0.316 e. The van der Waals surface area contributed by atoms with E-state index in [4.69, 9.17) is 9.15 Å². The van der Waals surface area contributed by atoms with E-state index < -0.39 is 0 Å². The second kappa shape index (κ2) is 8.94. The lowest BCUT2D eigenvalue weighted by molar-refractivity contribution is -0.145. The first-order chi connectivity index (χ1) is 14.1. The maximum atomic E-state index is 12.2. The van der Waals surface area contributed by atoms with Crippen molar-refractivity contribution in [1.29, 1.82) is 0 Å². The van der Waals surface area contributed by atoms with Crippen molar-refractivity contribution in [2.24, 2.45) is 0 Å². The number of hydrogen-bond donors (Lipinski definition) is 0. The van der Waals surface area contributed by atoms with E-state index >= 15 is 0 Å². The van der Waals surface area contributed by atoms with E-state index in [1.807, 2.05) is 37.7 Å². The normalized spacial score (nSPS) is 17.4. The SMILES string of the molecule is CCCC(C(=O)OCC)c1ccc(C#Cc2ccc3c(c2)C(C)(C)CC(C)(C)S3)o1. The molecule has 2 heterocycles. The second-order valence-corrected chi connectivity index (χ2v) is 10.9. The maximum absolute atomic E-state index is 12.2. The number of hydrogen-bond acceptors (Lipinski definition) is 4. The van der Waals surface area contributed by atoms with Gasteiger partial charge in [0.1, 0.15) is 11.7 Å². The van der Waals surface area contributed by atoms with Crippen LogP contribution in [-0.2, 0) is 14.9 Å². The molecular formula is C26H32O3S. The molecule has 1 atom stereocenters. The van der Waals surface area contributed by atoms with E-state index in [9.17, 15) is 4.79 Å². The van der Waals surface area contributed by atoms with Crippen LogP contribution in [0.2, 0.25) is 0 Å². The number of rotatable bonds is 5. The number of fused-ring (bicyclic) bond motifs is 1. The Hall–Kier alpha value is -2.12. The van der Waals surface area contributed by atoms with Crippen LogP contribution in [0.15, 0.2) is 39.6 Å². The van der Waals surface area contributed by atoms with Crippen molar-refractivity contribution in [3.63, 3.8) is 0 Å². The van der Waals surface area contributed by atoms with Gasteiger partial charge in [-0.25, -0.2) is 0 Å². The molecule has 0 bridgehead atoms. The Balaban J connectivity index is 1.83. The molecule has 0 N–H and O–H groups in total. The van der Waals surface area contributed by atoms with Crippen molar-refractivity contribution in [2.45, 2.75) is 81.8 Å². The molecule has 1 unspecified atom stereocenters. The predicted octanol–water partition coefficient (Wildman–Crippen LogP) is 6.68. The van der Waals surface area contributed by atoms with Gasteiger partial charge in [-0.2, -0.15) is 0 Å². The Morgan fingerprint density at radius 1 is 1.17 bits per heavy atom. The zero-order valence-corrected chi connectivity index (χ0v) is 19.7. The van der Waals surface area contributed by atoms with E-state index in [0.29, 0.717) is 24.5 Å². The molecule has 1 aliphatic heterocycles. The largest absolute Gasteiger partial charge is 0.465 e. The van der Waals surface area contributed by atoms with Crippen LogP contribution in [0.1, 0.15) is 89.4 Å². The minimum atomic E-state index is -0.365. The molecule has 0 amide bonds. The van der Waals surface area contributed by atoms with Crippen LogP contribution < -0.4 is 0 Å². The Morgan fingerprint density at radius 2 is 1.93 bits per heavy atom. The molecule has 30 heavy (non-hydrogen) atoms. The van der Waals surface area contributed by atoms with Gasteiger partial charge in [0.25, 0.3) is 0 Å². The lowest BCUT2D eigenvalue weighted by Crippen LogP contribution is -2.33. The number of ether oxygens (including phenoxy) is 1. The highest BCUT2D eigenvalue weighted by Crippen LogP contribution is 2.50. The van der Waals surface area contributed by atoms with Crippen molar-refractivity contribution in [3.05, 3.63) is 53.0 Å². The highest BCUT2D eigenvalue weighted by atomic mass is 32.2. The Kier molecular flexibility index (Phi) is 6.72. The summed E-state index contributed by atoms with van der Waals surface area (Å²) in [5.74, 6) is 6.97. The summed E-state index contributed by atoms with van der Waals surface area (Å²) in [6.07, 6.45) is 2.71. The topological polar surface area (TPSA) is 39.4 Å². The van der Waals surface area contributed by atoms with Crippen LogP contribution in [0.25, 0.3) is 0 Å². The van der Waals surface area contributed by atoms with Gasteiger partial charge in [0, 0.05) is 15.2 Å². The smallest absolute Gasteiger partial charge is 0.316 e. The van der Waals surface area contributed by atoms with E-state index in [0.717, 1.165) is 18.4 Å². The standard InChI is InChI=1S/C26H32O3S/c1-7-9-20(24(27)28-8-2)22-14-13-19(29-22)12-10-18-11-15-23-21(16-18)25(3,4)17-26(5,6)30-23/h11,13-16,20H,7-9,17H2,1-6H3. The van der Waals surface area contributed by atoms with E-state index in [1.165, 1.54) is 10.5 Å². The third-order valence-corrected chi connectivity index (χ3v) is 6.68. The zero-order valence-electron chi connectivity index (χ0n) is 18.9. The third kappa shape index (κ3) is 5.13. The fourth-order valence-electron chi connectivity index (χ4n) is 4.37. The summed E-state index contributed by atoms with van der Waals surface area (Å²) in [4.78, 5) is 13.6. The minimum Gasteiger partial charge on any atom is -0.465 e. The molecule has 1 aromatic carbocycles. The van der Waals surface area contributed by atoms with E-state index in [-0.39, 0.29) is 22.0 Å². The number of carbonyl (C=O) groups is 1. The molecule has 0 fully saturated rings. The summed E-state index contributed by atoms with van der Waals surface area (Å²) in [7, 11) is 0.